The molecule has 0 atom stereocenters. The number of halogens is 2. The number of H-pyrrole nitrogens is 1. The molecular formula is C27H26ClFN6O3. The lowest BCUT2D eigenvalue weighted by molar-refractivity contribution is -0.125. The van der Waals surface area contributed by atoms with E-state index < -0.39 is 5.82 Å². The molecule has 1 saturated heterocycles. The maximum Gasteiger partial charge on any atom is 0.298 e. The number of methoxy groups -OCH3 is 1. The van der Waals surface area contributed by atoms with Gasteiger partial charge in [0.05, 0.1) is 54.3 Å². The van der Waals surface area contributed by atoms with Gasteiger partial charge in [-0.25, -0.2) is 14.4 Å². The van der Waals surface area contributed by atoms with Crippen LogP contribution in [0, 0.1) is 5.82 Å². The minimum atomic E-state index is -0.413. The topological polar surface area (TPSA) is 96.5 Å². The minimum Gasteiger partial charge on any atom is -0.498 e. The van der Waals surface area contributed by atoms with E-state index in [1.807, 2.05) is 24.4 Å². The molecule has 4 heterocycles. The lowest BCUT2D eigenvalue weighted by Gasteiger charge is -2.36. The van der Waals surface area contributed by atoms with Gasteiger partial charge in [-0.05, 0) is 43.3 Å². The van der Waals surface area contributed by atoms with Crippen molar-refractivity contribution in [2.24, 2.45) is 0 Å². The van der Waals surface area contributed by atoms with Crippen molar-refractivity contribution in [3.8, 4) is 22.6 Å². The molecule has 0 aliphatic carbocycles. The average Bonchev–Trinajstić information content (AvgIpc) is 3.43. The molecule has 1 N–H and O–H groups in total. The molecule has 0 bridgehead atoms. The Morgan fingerprint density at radius 2 is 1.95 bits per heavy atom. The second kappa shape index (κ2) is 11.2. The van der Waals surface area contributed by atoms with Crippen LogP contribution in [0.15, 0.2) is 60.4 Å². The summed E-state index contributed by atoms with van der Waals surface area (Å²) in [5.74, 6) is 0.680. The van der Waals surface area contributed by atoms with Gasteiger partial charge in [0, 0.05) is 36.8 Å². The second-order valence-corrected chi connectivity index (χ2v) is 9.28. The number of fused-ring (bicyclic) bond motifs is 1. The first-order chi connectivity index (χ1) is 18.5. The van der Waals surface area contributed by atoms with Crippen molar-refractivity contribution in [1.29, 1.82) is 0 Å². The molecule has 1 aromatic carbocycles. The summed E-state index contributed by atoms with van der Waals surface area (Å²) in [4.78, 5) is 32.2. The number of nitrogens with zero attached hydrogens (tertiary/aromatic N) is 5. The highest BCUT2D eigenvalue weighted by Gasteiger charge is 2.21. The Hall–Kier alpha value is -4.02. The third-order valence-electron chi connectivity index (χ3n) is 6.60. The van der Waals surface area contributed by atoms with E-state index in [9.17, 15) is 9.18 Å². The van der Waals surface area contributed by atoms with Gasteiger partial charge in [0.15, 0.2) is 5.76 Å². The summed E-state index contributed by atoms with van der Waals surface area (Å²) in [6, 6.07) is 10.1. The first-order valence-corrected chi connectivity index (χ1v) is 12.4. The average molecular weight is 537 g/mol. The predicted octanol–water partition coefficient (Wildman–Crippen LogP) is 4.65. The van der Waals surface area contributed by atoms with Gasteiger partial charge in [0.1, 0.15) is 17.3 Å². The Labute approximate surface area is 223 Å². The molecule has 11 heteroatoms. The van der Waals surface area contributed by atoms with Crippen LogP contribution in [-0.4, -0.2) is 71.1 Å². The van der Waals surface area contributed by atoms with E-state index in [0.29, 0.717) is 52.2 Å². The molecule has 1 aliphatic heterocycles. The quantitative estimate of drug-likeness (QED) is 0.257. The van der Waals surface area contributed by atoms with Crippen molar-refractivity contribution in [3.63, 3.8) is 0 Å². The zero-order chi connectivity index (χ0) is 26.6. The first kappa shape index (κ1) is 25.6. The Bertz CT molecular complexity index is 1500. The standard InChI is InChI=1S/C27H26ClFN6O3/c1-17(37-2)25(38-16-36)14-34-7-9-35(10-8-34)19-12-24-22(30-13-19)5-6-23(33-24)27-26(31-15-32-27)20-11-18(28)3-4-21(20)29/h3-6,11-13,15-16H,7-10,14H2,1-2H3,(H,31,32)/b25-17-. The summed E-state index contributed by atoms with van der Waals surface area (Å²) < 4.78 is 24.9. The molecule has 196 valence electrons. The maximum absolute atomic E-state index is 14.6. The highest BCUT2D eigenvalue weighted by Crippen LogP contribution is 2.32. The van der Waals surface area contributed by atoms with Gasteiger partial charge < -0.3 is 19.4 Å². The van der Waals surface area contributed by atoms with Crippen LogP contribution in [0.25, 0.3) is 33.7 Å². The molecule has 5 rings (SSSR count). The van der Waals surface area contributed by atoms with Gasteiger partial charge in [0.2, 0.25) is 0 Å². The first-order valence-electron chi connectivity index (χ1n) is 12.0. The van der Waals surface area contributed by atoms with Crippen molar-refractivity contribution >= 4 is 34.8 Å². The molecule has 0 saturated carbocycles. The number of pyridine rings is 2. The van der Waals surface area contributed by atoms with Gasteiger partial charge >= 0.3 is 0 Å². The van der Waals surface area contributed by atoms with E-state index in [-0.39, 0.29) is 0 Å². The lowest BCUT2D eigenvalue weighted by Crippen LogP contribution is -2.47. The second-order valence-electron chi connectivity index (χ2n) is 8.84. The number of rotatable bonds is 8. The van der Waals surface area contributed by atoms with Crippen molar-refractivity contribution < 1.29 is 18.7 Å². The highest BCUT2D eigenvalue weighted by molar-refractivity contribution is 6.30. The molecule has 4 aromatic rings. The smallest absolute Gasteiger partial charge is 0.298 e. The van der Waals surface area contributed by atoms with E-state index in [1.54, 1.807) is 20.1 Å². The largest absolute Gasteiger partial charge is 0.498 e. The van der Waals surface area contributed by atoms with Crippen LogP contribution in [0.4, 0.5) is 10.1 Å². The summed E-state index contributed by atoms with van der Waals surface area (Å²) in [6.07, 6.45) is 3.36. The van der Waals surface area contributed by atoms with E-state index in [0.717, 1.165) is 42.9 Å². The van der Waals surface area contributed by atoms with Gasteiger partial charge in [-0.2, -0.15) is 0 Å². The molecule has 9 nitrogen and oxygen atoms in total. The Morgan fingerprint density at radius 3 is 2.71 bits per heavy atom. The monoisotopic (exact) mass is 536 g/mol. The van der Waals surface area contributed by atoms with Crippen LogP contribution < -0.4 is 4.90 Å². The SMILES string of the molecule is CO/C(C)=C(/CN1CCN(c2cnc3ccc(-c4[nH]cnc4-c4cc(Cl)ccc4F)nc3c2)CC1)OC=O. The molecule has 3 aromatic heterocycles. The highest BCUT2D eigenvalue weighted by atomic mass is 35.5. The number of benzene rings is 1. The number of allylic oxidation sites excluding steroid dienone is 1. The molecule has 0 radical (unpaired) electrons. The number of hydrogen-bond donors (Lipinski definition) is 1. The molecule has 0 amide bonds. The number of aromatic amines is 1. The summed E-state index contributed by atoms with van der Waals surface area (Å²) in [7, 11) is 1.55. The third kappa shape index (κ3) is 5.32. The van der Waals surface area contributed by atoms with Crippen LogP contribution in [0.1, 0.15) is 6.92 Å². The number of hydrogen-bond acceptors (Lipinski definition) is 8. The van der Waals surface area contributed by atoms with E-state index in [2.05, 4.69) is 24.8 Å². The number of anilines is 1. The molecule has 38 heavy (non-hydrogen) atoms. The van der Waals surface area contributed by atoms with Crippen molar-refractivity contribution in [2.45, 2.75) is 6.92 Å². The van der Waals surface area contributed by atoms with Crippen LogP contribution >= 0.6 is 11.6 Å². The van der Waals surface area contributed by atoms with Crippen molar-refractivity contribution in [1.82, 2.24) is 24.8 Å². The molecule has 0 unspecified atom stereocenters. The molecule has 1 aliphatic rings. The predicted molar refractivity (Wildman–Crippen MR) is 143 cm³/mol. The van der Waals surface area contributed by atoms with Gasteiger partial charge in [-0.3, -0.25) is 14.7 Å². The Balaban J connectivity index is 1.36. The molecule has 1 fully saturated rings. The summed E-state index contributed by atoms with van der Waals surface area (Å²) >= 11 is 6.11. The minimum absolute atomic E-state index is 0.303. The summed E-state index contributed by atoms with van der Waals surface area (Å²) in [5, 5.41) is 0.424. The Kier molecular flexibility index (Phi) is 7.52. The van der Waals surface area contributed by atoms with Crippen LogP contribution in [0.2, 0.25) is 5.02 Å². The van der Waals surface area contributed by atoms with Crippen molar-refractivity contribution in [2.75, 3.05) is 44.7 Å². The number of carbonyl (C=O) groups excluding carboxylic acids is 1. The van der Waals surface area contributed by atoms with Gasteiger partial charge in [0.25, 0.3) is 6.47 Å². The zero-order valence-electron chi connectivity index (χ0n) is 20.9. The van der Waals surface area contributed by atoms with Gasteiger partial charge in [-0.15, -0.1) is 0 Å². The number of carbonyl (C=O) groups is 1. The lowest BCUT2D eigenvalue weighted by atomic mass is 10.1. The van der Waals surface area contributed by atoms with E-state index >= 15 is 0 Å². The van der Waals surface area contributed by atoms with E-state index in [4.69, 9.17) is 26.1 Å². The number of aromatic nitrogens is 4. The van der Waals surface area contributed by atoms with Crippen LogP contribution in [0.5, 0.6) is 0 Å². The fraction of sp³-hybridized carbons (Fsp3) is 0.259. The van der Waals surface area contributed by atoms with Crippen LogP contribution in [0.3, 0.4) is 0 Å². The Morgan fingerprint density at radius 1 is 1.13 bits per heavy atom. The normalized spacial score (nSPS) is 14.9. The molecular weight excluding hydrogens is 511 g/mol. The number of ether oxygens (including phenoxy) is 2. The maximum atomic E-state index is 14.6. The fourth-order valence-electron chi connectivity index (χ4n) is 4.45. The fourth-order valence-corrected chi connectivity index (χ4v) is 4.62. The van der Waals surface area contributed by atoms with Gasteiger partial charge in [-0.1, -0.05) is 11.6 Å². The number of nitrogens with one attached hydrogen (secondary N) is 1. The zero-order valence-corrected chi connectivity index (χ0v) is 21.7. The third-order valence-corrected chi connectivity index (χ3v) is 6.83. The van der Waals surface area contributed by atoms with E-state index in [1.165, 1.54) is 18.5 Å². The molecule has 0 spiro atoms. The van der Waals surface area contributed by atoms with Crippen molar-refractivity contribution in [3.05, 3.63) is 71.3 Å². The number of imidazole rings is 1. The summed E-state index contributed by atoms with van der Waals surface area (Å²) in [6.45, 7) is 5.78. The number of piperazine rings is 1. The van der Waals surface area contributed by atoms with Crippen LogP contribution in [-0.2, 0) is 14.3 Å². The summed E-state index contributed by atoms with van der Waals surface area (Å²) in [5.41, 5.74) is 4.39.